The molecule has 0 saturated heterocycles. The zero-order valence-corrected chi connectivity index (χ0v) is 13.3. The summed E-state index contributed by atoms with van der Waals surface area (Å²) in [6, 6.07) is 5.06. The molecule has 0 aromatic heterocycles. The van der Waals surface area contributed by atoms with Gasteiger partial charge in [0.1, 0.15) is 0 Å². The van der Waals surface area contributed by atoms with Gasteiger partial charge in [-0.25, -0.2) is 0 Å². The third kappa shape index (κ3) is 5.26. The Balaban J connectivity index is 2.66. The Morgan fingerprint density at radius 2 is 2.15 bits per heavy atom. The number of nitro groups is 1. The van der Waals surface area contributed by atoms with E-state index in [1.54, 1.807) is 19.2 Å². The van der Waals surface area contributed by atoms with E-state index in [-0.39, 0.29) is 24.2 Å². The smallest absolute Gasteiger partial charge is 0.283 e. The fourth-order valence-corrected chi connectivity index (χ4v) is 2.17. The monoisotopic (exact) mass is 343 g/mol. The summed E-state index contributed by atoms with van der Waals surface area (Å²) < 4.78 is 0.450. The second-order valence-electron chi connectivity index (χ2n) is 4.94. The minimum Gasteiger partial charge on any atom is -0.353 e. The number of carbonyl (C=O) groups excluding carboxylic acids is 1. The average molecular weight is 344 g/mol. The lowest BCUT2D eigenvalue weighted by atomic mass is 10.2. The minimum absolute atomic E-state index is 0.0301. The normalized spacial score (nSPS) is 10.9. The van der Waals surface area contributed by atoms with Crippen molar-refractivity contribution >= 4 is 27.5 Å². The molecule has 7 heteroatoms. The Morgan fingerprint density at radius 3 is 2.70 bits per heavy atom. The van der Waals surface area contributed by atoms with Crippen molar-refractivity contribution in [2.24, 2.45) is 0 Å². The van der Waals surface area contributed by atoms with Gasteiger partial charge < -0.3 is 5.32 Å². The van der Waals surface area contributed by atoms with E-state index in [2.05, 4.69) is 21.2 Å². The lowest BCUT2D eigenvalue weighted by molar-refractivity contribution is -0.385. The quantitative estimate of drug-likeness (QED) is 0.635. The van der Waals surface area contributed by atoms with Gasteiger partial charge in [-0.2, -0.15) is 0 Å². The topological polar surface area (TPSA) is 75.5 Å². The molecule has 0 heterocycles. The van der Waals surface area contributed by atoms with E-state index in [1.165, 1.54) is 6.07 Å². The van der Waals surface area contributed by atoms with Gasteiger partial charge in [0.25, 0.3) is 5.69 Å². The van der Waals surface area contributed by atoms with Crippen molar-refractivity contribution in [1.29, 1.82) is 0 Å². The van der Waals surface area contributed by atoms with E-state index in [0.717, 1.165) is 5.56 Å². The number of rotatable bonds is 6. The van der Waals surface area contributed by atoms with Gasteiger partial charge in [0.05, 0.1) is 15.9 Å². The van der Waals surface area contributed by atoms with Crippen molar-refractivity contribution in [3.8, 4) is 0 Å². The molecule has 20 heavy (non-hydrogen) atoms. The van der Waals surface area contributed by atoms with Crippen LogP contribution in [0, 0.1) is 10.1 Å². The molecule has 0 unspecified atom stereocenters. The second-order valence-corrected chi connectivity index (χ2v) is 5.79. The van der Waals surface area contributed by atoms with Gasteiger partial charge >= 0.3 is 0 Å². The number of nitrogens with one attached hydrogen (secondary N) is 1. The summed E-state index contributed by atoms with van der Waals surface area (Å²) in [6.07, 6.45) is 0. The Labute approximate surface area is 126 Å². The molecule has 0 atom stereocenters. The van der Waals surface area contributed by atoms with Crippen LogP contribution in [0.1, 0.15) is 19.4 Å². The molecule has 1 aromatic rings. The lowest BCUT2D eigenvalue weighted by Gasteiger charge is -2.17. The molecule has 1 rings (SSSR count). The number of hydrogen-bond donors (Lipinski definition) is 1. The molecule has 0 aliphatic rings. The van der Waals surface area contributed by atoms with Crippen molar-refractivity contribution in [2.75, 3.05) is 13.6 Å². The van der Waals surface area contributed by atoms with Crippen molar-refractivity contribution in [1.82, 2.24) is 10.2 Å². The summed E-state index contributed by atoms with van der Waals surface area (Å²) in [4.78, 5) is 23.9. The van der Waals surface area contributed by atoms with Crippen LogP contribution in [0.5, 0.6) is 0 Å². The maximum atomic E-state index is 11.6. The lowest BCUT2D eigenvalue weighted by Crippen LogP contribution is -2.38. The summed E-state index contributed by atoms with van der Waals surface area (Å²) in [5, 5.41) is 13.7. The van der Waals surface area contributed by atoms with Crippen LogP contribution >= 0.6 is 15.9 Å². The van der Waals surface area contributed by atoms with Crippen LogP contribution in [0.3, 0.4) is 0 Å². The van der Waals surface area contributed by atoms with E-state index in [0.29, 0.717) is 11.0 Å². The highest BCUT2D eigenvalue weighted by Gasteiger charge is 2.14. The molecule has 0 saturated carbocycles. The molecule has 1 N–H and O–H groups in total. The Kier molecular flexibility index (Phi) is 6.09. The zero-order valence-electron chi connectivity index (χ0n) is 11.7. The SMILES string of the molecule is CC(C)NC(=O)CN(C)Cc1ccc(Br)c([N+](=O)[O-])c1. The van der Waals surface area contributed by atoms with Crippen molar-refractivity contribution in [3.05, 3.63) is 38.3 Å². The summed E-state index contributed by atoms with van der Waals surface area (Å²) in [5.74, 6) is -0.0610. The third-order valence-electron chi connectivity index (χ3n) is 2.52. The number of nitro benzene ring substituents is 1. The van der Waals surface area contributed by atoms with E-state index < -0.39 is 4.92 Å². The van der Waals surface area contributed by atoms with Gasteiger partial charge in [-0.05, 0) is 48.5 Å². The van der Waals surface area contributed by atoms with Gasteiger partial charge in [-0.1, -0.05) is 6.07 Å². The van der Waals surface area contributed by atoms with Crippen LogP contribution in [0.25, 0.3) is 0 Å². The molecule has 1 amide bonds. The number of amides is 1. The Morgan fingerprint density at radius 1 is 1.50 bits per heavy atom. The van der Waals surface area contributed by atoms with Crippen LogP contribution in [0.2, 0.25) is 0 Å². The first-order valence-electron chi connectivity index (χ1n) is 6.20. The van der Waals surface area contributed by atoms with Crippen LogP contribution in [-0.4, -0.2) is 35.4 Å². The summed E-state index contributed by atoms with van der Waals surface area (Å²) in [7, 11) is 1.80. The number of likely N-dealkylation sites (N-methyl/N-ethyl adjacent to an activating group) is 1. The number of carbonyl (C=O) groups is 1. The fourth-order valence-electron chi connectivity index (χ4n) is 1.78. The largest absolute Gasteiger partial charge is 0.353 e. The maximum absolute atomic E-state index is 11.6. The van der Waals surface area contributed by atoms with Crippen LogP contribution in [0.15, 0.2) is 22.7 Å². The van der Waals surface area contributed by atoms with Gasteiger partial charge in [0.15, 0.2) is 0 Å². The first kappa shape index (κ1) is 16.6. The molecule has 0 aliphatic heterocycles. The van der Waals surface area contributed by atoms with Gasteiger partial charge in [-0.3, -0.25) is 19.8 Å². The van der Waals surface area contributed by atoms with Crippen molar-refractivity contribution in [2.45, 2.75) is 26.4 Å². The van der Waals surface area contributed by atoms with Crippen molar-refractivity contribution in [3.63, 3.8) is 0 Å². The highest BCUT2D eigenvalue weighted by atomic mass is 79.9. The Bertz CT molecular complexity index is 506. The van der Waals surface area contributed by atoms with E-state index in [4.69, 9.17) is 0 Å². The standard InChI is InChI=1S/C13H18BrN3O3/c1-9(2)15-13(18)8-16(3)7-10-4-5-11(14)12(6-10)17(19)20/h4-6,9H,7-8H2,1-3H3,(H,15,18). The number of hydrogen-bond acceptors (Lipinski definition) is 4. The fraction of sp³-hybridized carbons (Fsp3) is 0.462. The molecule has 0 fully saturated rings. The molecule has 110 valence electrons. The minimum atomic E-state index is -0.431. The molecule has 0 bridgehead atoms. The predicted molar refractivity (Wildman–Crippen MR) is 80.4 cm³/mol. The summed E-state index contributed by atoms with van der Waals surface area (Å²) >= 11 is 3.15. The molecule has 0 aliphatic carbocycles. The molecule has 6 nitrogen and oxygen atoms in total. The molecular formula is C13H18BrN3O3. The number of halogens is 1. The molecule has 0 spiro atoms. The number of nitrogens with zero attached hydrogens (tertiary/aromatic N) is 2. The number of benzene rings is 1. The van der Waals surface area contributed by atoms with Crippen LogP contribution < -0.4 is 5.32 Å². The van der Waals surface area contributed by atoms with E-state index in [9.17, 15) is 14.9 Å². The highest BCUT2D eigenvalue weighted by molar-refractivity contribution is 9.10. The second kappa shape index (κ2) is 7.35. The Hall–Kier alpha value is -1.47. The first-order valence-corrected chi connectivity index (χ1v) is 6.99. The summed E-state index contributed by atoms with van der Waals surface area (Å²) in [6.45, 7) is 4.52. The molecule has 0 radical (unpaired) electrons. The average Bonchev–Trinajstić information content (AvgIpc) is 2.29. The van der Waals surface area contributed by atoms with Gasteiger partial charge in [0.2, 0.25) is 5.91 Å². The highest BCUT2D eigenvalue weighted by Crippen LogP contribution is 2.25. The zero-order chi connectivity index (χ0) is 15.3. The molecule has 1 aromatic carbocycles. The summed E-state index contributed by atoms with van der Waals surface area (Å²) in [5.41, 5.74) is 0.822. The predicted octanol–water partition coefficient (Wildman–Crippen LogP) is 2.31. The first-order chi connectivity index (χ1) is 9.29. The van der Waals surface area contributed by atoms with Gasteiger partial charge in [0, 0.05) is 18.7 Å². The maximum Gasteiger partial charge on any atom is 0.283 e. The van der Waals surface area contributed by atoms with Crippen LogP contribution in [0.4, 0.5) is 5.69 Å². The third-order valence-corrected chi connectivity index (χ3v) is 3.19. The van der Waals surface area contributed by atoms with Crippen molar-refractivity contribution < 1.29 is 9.72 Å². The van der Waals surface area contributed by atoms with Gasteiger partial charge in [-0.15, -0.1) is 0 Å². The van der Waals surface area contributed by atoms with Crippen LogP contribution in [-0.2, 0) is 11.3 Å². The molecular weight excluding hydrogens is 326 g/mol. The van der Waals surface area contributed by atoms with E-state index >= 15 is 0 Å². The van der Waals surface area contributed by atoms with E-state index in [1.807, 2.05) is 18.7 Å².